The van der Waals surface area contributed by atoms with Crippen molar-refractivity contribution in [3.8, 4) is 0 Å². The van der Waals surface area contributed by atoms with Gasteiger partial charge in [-0.3, -0.25) is 0 Å². The summed E-state index contributed by atoms with van der Waals surface area (Å²) in [5.74, 6) is 1.49. The van der Waals surface area contributed by atoms with Gasteiger partial charge in [0.2, 0.25) is 0 Å². The maximum absolute atomic E-state index is 2.59. The highest BCUT2D eigenvalue weighted by molar-refractivity contribution is 5.47. The molecule has 0 N–H and O–H groups in total. The Bertz CT molecular complexity index is 1040. The lowest BCUT2D eigenvalue weighted by molar-refractivity contribution is 0.255. The summed E-state index contributed by atoms with van der Waals surface area (Å²) in [6.07, 6.45) is 15.8. The van der Waals surface area contributed by atoms with Gasteiger partial charge in [-0.15, -0.1) is 0 Å². The van der Waals surface area contributed by atoms with Crippen LogP contribution in [0.2, 0.25) is 0 Å². The van der Waals surface area contributed by atoms with Crippen molar-refractivity contribution in [1.29, 1.82) is 0 Å². The van der Waals surface area contributed by atoms with E-state index in [9.17, 15) is 0 Å². The van der Waals surface area contributed by atoms with Crippen LogP contribution in [0.25, 0.3) is 0 Å². The van der Waals surface area contributed by atoms with Gasteiger partial charge in [0.05, 0.1) is 0 Å². The van der Waals surface area contributed by atoms with Gasteiger partial charge in [-0.25, -0.2) is 0 Å². The zero-order chi connectivity index (χ0) is 23.4. The van der Waals surface area contributed by atoms with Crippen LogP contribution >= 0.6 is 0 Å². The molecule has 0 bridgehead atoms. The SMILES string of the molecule is C/C=C\C1=C(Cc2ccc(C)cc2)C=C2CCC(CCc3ccccc3CC(C)C)C2(C)C1. The Labute approximate surface area is 202 Å². The van der Waals surface area contributed by atoms with E-state index in [2.05, 4.69) is 101 Å². The minimum atomic E-state index is 0.318. The second-order valence-corrected chi connectivity index (χ2v) is 11.1. The first-order chi connectivity index (χ1) is 15.9. The summed E-state index contributed by atoms with van der Waals surface area (Å²) in [5.41, 5.74) is 11.0. The largest absolute Gasteiger partial charge is 0.0874 e. The smallest absolute Gasteiger partial charge is 0.00230 e. The molecule has 0 spiro atoms. The first-order valence-corrected chi connectivity index (χ1v) is 13.1. The highest BCUT2D eigenvalue weighted by Gasteiger charge is 2.44. The predicted molar refractivity (Wildman–Crippen MR) is 144 cm³/mol. The van der Waals surface area contributed by atoms with Gasteiger partial charge in [0.1, 0.15) is 0 Å². The standard InChI is InChI=1S/C33H42/c1-6-9-29-23-33(5)31(17-16-27-10-7-8-11-28(27)20-24(2)3)18-19-32(33)22-30(29)21-26-14-12-25(4)13-15-26/h6-15,22,24,31H,16-21,23H2,1-5H3/b9-6-. The first kappa shape index (κ1) is 23.8. The van der Waals surface area contributed by atoms with Gasteiger partial charge in [0, 0.05) is 0 Å². The number of aryl methyl sites for hydroxylation is 2. The van der Waals surface area contributed by atoms with Gasteiger partial charge in [-0.05, 0) is 104 Å². The second kappa shape index (κ2) is 10.3. The summed E-state index contributed by atoms with van der Waals surface area (Å²) in [6.45, 7) is 11.6. The van der Waals surface area contributed by atoms with Crippen LogP contribution in [0.5, 0.6) is 0 Å². The number of hydrogen-bond donors (Lipinski definition) is 0. The van der Waals surface area contributed by atoms with E-state index in [0.717, 1.165) is 12.3 Å². The summed E-state index contributed by atoms with van der Waals surface area (Å²) in [4.78, 5) is 0. The molecule has 2 aromatic carbocycles. The Kier molecular flexibility index (Phi) is 7.42. The van der Waals surface area contributed by atoms with Crippen molar-refractivity contribution in [2.24, 2.45) is 17.3 Å². The van der Waals surface area contributed by atoms with Crippen LogP contribution in [0.1, 0.15) is 75.6 Å². The average molecular weight is 439 g/mol. The Balaban J connectivity index is 1.52. The van der Waals surface area contributed by atoms with E-state index in [-0.39, 0.29) is 0 Å². The number of allylic oxidation sites excluding steroid dienone is 6. The normalized spacial score (nSPS) is 22.8. The molecule has 2 aromatic rings. The molecule has 1 fully saturated rings. The van der Waals surface area contributed by atoms with Gasteiger partial charge in [0.25, 0.3) is 0 Å². The molecule has 0 heteroatoms. The van der Waals surface area contributed by atoms with Crippen molar-refractivity contribution in [1.82, 2.24) is 0 Å². The molecule has 2 unspecified atom stereocenters. The number of benzene rings is 2. The zero-order valence-electron chi connectivity index (χ0n) is 21.5. The molecule has 0 saturated heterocycles. The lowest BCUT2D eigenvalue weighted by atomic mass is 9.67. The fourth-order valence-electron chi connectivity index (χ4n) is 6.19. The lowest BCUT2D eigenvalue weighted by Crippen LogP contribution is -2.27. The molecule has 0 aromatic heterocycles. The van der Waals surface area contributed by atoms with Crippen molar-refractivity contribution in [3.63, 3.8) is 0 Å². The molecule has 2 atom stereocenters. The zero-order valence-corrected chi connectivity index (χ0v) is 21.5. The lowest BCUT2D eigenvalue weighted by Gasteiger charge is -2.38. The molecule has 2 aliphatic rings. The minimum absolute atomic E-state index is 0.318. The third kappa shape index (κ3) is 5.43. The van der Waals surface area contributed by atoms with Gasteiger partial charge < -0.3 is 0 Å². The number of fused-ring (bicyclic) bond motifs is 1. The molecule has 33 heavy (non-hydrogen) atoms. The van der Waals surface area contributed by atoms with Crippen molar-refractivity contribution in [2.75, 3.05) is 0 Å². The topological polar surface area (TPSA) is 0 Å². The number of hydrogen-bond acceptors (Lipinski definition) is 0. The minimum Gasteiger partial charge on any atom is -0.0874 e. The third-order valence-electron chi connectivity index (χ3n) is 8.11. The Hall–Kier alpha value is -2.34. The molecule has 2 aliphatic carbocycles. The molecular formula is C33H42. The molecule has 1 saturated carbocycles. The van der Waals surface area contributed by atoms with E-state index >= 15 is 0 Å². The molecule has 0 heterocycles. The van der Waals surface area contributed by atoms with Crippen LogP contribution in [-0.2, 0) is 19.3 Å². The summed E-state index contributed by atoms with van der Waals surface area (Å²) in [5, 5.41) is 0. The Morgan fingerprint density at radius 1 is 1.03 bits per heavy atom. The van der Waals surface area contributed by atoms with Crippen molar-refractivity contribution in [2.45, 2.75) is 79.6 Å². The van der Waals surface area contributed by atoms with E-state index in [1.165, 1.54) is 55.2 Å². The molecule has 4 rings (SSSR count). The molecule has 174 valence electrons. The van der Waals surface area contributed by atoms with E-state index < -0.39 is 0 Å². The fourth-order valence-corrected chi connectivity index (χ4v) is 6.19. The monoisotopic (exact) mass is 438 g/mol. The summed E-state index contributed by atoms with van der Waals surface area (Å²) in [7, 11) is 0. The van der Waals surface area contributed by atoms with Crippen molar-refractivity contribution >= 4 is 0 Å². The van der Waals surface area contributed by atoms with Gasteiger partial charge >= 0.3 is 0 Å². The van der Waals surface area contributed by atoms with Gasteiger partial charge in [-0.1, -0.05) is 98.7 Å². The summed E-state index contributed by atoms with van der Waals surface area (Å²) < 4.78 is 0. The second-order valence-electron chi connectivity index (χ2n) is 11.1. The van der Waals surface area contributed by atoms with Crippen LogP contribution < -0.4 is 0 Å². The van der Waals surface area contributed by atoms with E-state index in [4.69, 9.17) is 0 Å². The van der Waals surface area contributed by atoms with Gasteiger partial charge in [0.15, 0.2) is 0 Å². The van der Waals surface area contributed by atoms with Gasteiger partial charge in [-0.2, -0.15) is 0 Å². The van der Waals surface area contributed by atoms with Crippen LogP contribution in [0, 0.1) is 24.2 Å². The molecule has 0 aliphatic heterocycles. The maximum atomic E-state index is 2.59. The van der Waals surface area contributed by atoms with Crippen LogP contribution in [-0.4, -0.2) is 0 Å². The highest BCUT2D eigenvalue weighted by Crippen LogP contribution is 2.56. The maximum Gasteiger partial charge on any atom is -0.00230 e. The first-order valence-electron chi connectivity index (χ1n) is 13.1. The van der Waals surface area contributed by atoms with Crippen molar-refractivity contribution < 1.29 is 0 Å². The highest BCUT2D eigenvalue weighted by atomic mass is 14.5. The Morgan fingerprint density at radius 2 is 1.76 bits per heavy atom. The van der Waals surface area contributed by atoms with Crippen LogP contribution in [0.3, 0.4) is 0 Å². The molecule has 0 nitrogen and oxygen atoms in total. The predicted octanol–water partition coefficient (Wildman–Crippen LogP) is 8.99. The third-order valence-corrected chi connectivity index (χ3v) is 8.11. The average Bonchev–Trinajstić information content (AvgIpc) is 3.10. The van der Waals surface area contributed by atoms with Crippen LogP contribution in [0.4, 0.5) is 0 Å². The summed E-state index contributed by atoms with van der Waals surface area (Å²) in [6, 6.07) is 18.2. The summed E-state index contributed by atoms with van der Waals surface area (Å²) >= 11 is 0. The van der Waals surface area contributed by atoms with E-state index in [1.54, 1.807) is 22.3 Å². The molecule has 0 radical (unpaired) electrons. The van der Waals surface area contributed by atoms with Crippen LogP contribution in [0.15, 0.2) is 83.5 Å². The van der Waals surface area contributed by atoms with E-state index in [0.29, 0.717) is 11.3 Å². The van der Waals surface area contributed by atoms with E-state index in [1.807, 2.05) is 0 Å². The molecular weight excluding hydrogens is 396 g/mol. The number of rotatable bonds is 8. The fraction of sp³-hybridized carbons (Fsp3) is 0.455. The quantitative estimate of drug-likeness (QED) is 0.386. The van der Waals surface area contributed by atoms with Crippen molar-refractivity contribution in [3.05, 3.63) is 106 Å². The molecule has 0 amide bonds. The Morgan fingerprint density at radius 3 is 2.45 bits per heavy atom.